The molecule has 4 heteroatoms. The second-order valence-electron chi connectivity index (χ2n) is 5.18. The second kappa shape index (κ2) is 5.41. The van der Waals surface area contributed by atoms with E-state index in [0.29, 0.717) is 12.5 Å². The molecule has 1 heterocycles. The molecule has 2 rings (SSSR count). The molecule has 0 amide bonds. The first-order valence-electron chi connectivity index (χ1n) is 6.35. The Kier molecular flexibility index (Phi) is 4.14. The number of alkyl halides is 2. The molecule has 2 aliphatic rings. The van der Waals surface area contributed by atoms with Gasteiger partial charge in [-0.25, -0.2) is 8.78 Å². The minimum Gasteiger partial charge on any atom is -0.380 e. The SMILES string of the molecule is FC1(F)CN[C@H](COCC2CCCCC2)C1. The molecule has 1 aliphatic heterocycles. The van der Waals surface area contributed by atoms with Gasteiger partial charge in [-0.2, -0.15) is 0 Å². The maximum atomic E-state index is 12.9. The first-order chi connectivity index (χ1) is 7.66. The summed E-state index contributed by atoms with van der Waals surface area (Å²) in [7, 11) is 0. The summed E-state index contributed by atoms with van der Waals surface area (Å²) in [5.41, 5.74) is 0. The van der Waals surface area contributed by atoms with E-state index in [9.17, 15) is 8.78 Å². The van der Waals surface area contributed by atoms with Crippen LogP contribution in [0.1, 0.15) is 38.5 Å². The summed E-state index contributed by atoms with van der Waals surface area (Å²) in [6.07, 6.45) is 6.36. The molecule has 0 radical (unpaired) electrons. The summed E-state index contributed by atoms with van der Waals surface area (Å²) in [6.45, 7) is 1.00. The summed E-state index contributed by atoms with van der Waals surface area (Å²) < 4.78 is 31.3. The van der Waals surface area contributed by atoms with Crippen molar-refractivity contribution < 1.29 is 13.5 Å². The third-order valence-corrected chi connectivity index (χ3v) is 3.59. The Hall–Kier alpha value is -0.220. The lowest BCUT2D eigenvalue weighted by molar-refractivity contribution is 0.0140. The number of hydrogen-bond donors (Lipinski definition) is 1. The van der Waals surface area contributed by atoms with Gasteiger partial charge in [0.1, 0.15) is 0 Å². The van der Waals surface area contributed by atoms with Crippen LogP contribution < -0.4 is 5.32 Å². The lowest BCUT2D eigenvalue weighted by atomic mass is 9.90. The van der Waals surface area contributed by atoms with Crippen LogP contribution in [0.3, 0.4) is 0 Å². The zero-order valence-corrected chi connectivity index (χ0v) is 9.68. The topological polar surface area (TPSA) is 21.3 Å². The van der Waals surface area contributed by atoms with Gasteiger partial charge < -0.3 is 10.1 Å². The van der Waals surface area contributed by atoms with E-state index in [1.807, 2.05) is 0 Å². The van der Waals surface area contributed by atoms with Crippen molar-refractivity contribution in [3.8, 4) is 0 Å². The summed E-state index contributed by atoms with van der Waals surface area (Å²) in [6, 6.07) is -0.154. The normalized spacial score (nSPS) is 30.8. The molecule has 0 unspecified atom stereocenters. The van der Waals surface area contributed by atoms with Crippen molar-refractivity contribution in [2.24, 2.45) is 5.92 Å². The molecule has 0 aromatic heterocycles. The fourth-order valence-electron chi connectivity index (χ4n) is 2.65. The van der Waals surface area contributed by atoms with E-state index in [-0.39, 0.29) is 19.0 Å². The highest BCUT2D eigenvalue weighted by atomic mass is 19.3. The summed E-state index contributed by atoms with van der Waals surface area (Å²) >= 11 is 0. The van der Waals surface area contributed by atoms with Gasteiger partial charge in [0.15, 0.2) is 0 Å². The molecule has 16 heavy (non-hydrogen) atoms. The van der Waals surface area contributed by atoms with E-state index < -0.39 is 5.92 Å². The van der Waals surface area contributed by atoms with E-state index in [4.69, 9.17) is 4.74 Å². The van der Waals surface area contributed by atoms with Gasteiger partial charge in [0.25, 0.3) is 5.92 Å². The van der Waals surface area contributed by atoms with Crippen molar-refractivity contribution >= 4 is 0 Å². The second-order valence-corrected chi connectivity index (χ2v) is 5.18. The van der Waals surface area contributed by atoms with E-state index in [1.54, 1.807) is 0 Å². The molecule has 1 saturated heterocycles. The molecule has 0 aromatic carbocycles. The number of rotatable bonds is 4. The van der Waals surface area contributed by atoms with Crippen molar-refractivity contribution in [3.63, 3.8) is 0 Å². The zero-order chi connectivity index (χ0) is 11.4. The molecular weight excluding hydrogens is 212 g/mol. The third-order valence-electron chi connectivity index (χ3n) is 3.59. The average molecular weight is 233 g/mol. The van der Waals surface area contributed by atoms with E-state index >= 15 is 0 Å². The molecule has 0 bridgehead atoms. The monoisotopic (exact) mass is 233 g/mol. The molecule has 1 aliphatic carbocycles. The molecule has 2 nitrogen and oxygen atoms in total. The van der Waals surface area contributed by atoms with Crippen molar-refractivity contribution in [2.45, 2.75) is 50.5 Å². The molecular formula is C12H21F2NO. The summed E-state index contributed by atoms with van der Waals surface area (Å²) in [4.78, 5) is 0. The van der Waals surface area contributed by atoms with Crippen LogP contribution in [0.2, 0.25) is 0 Å². The van der Waals surface area contributed by atoms with Gasteiger partial charge in [-0.1, -0.05) is 19.3 Å². The maximum Gasteiger partial charge on any atom is 0.261 e. The van der Waals surface area contributed by atoms with Gasteiger partial charge in [-0.15, -0.1) is 0 Å². The highest BCUT2D eigenvalue weighted by Crippen LogP contribution is 2.26. The Balaban J connectivity index is 1.58. The van der Waals surface area contributed by atoms with Gasteiger partial charge in [0.2, 0.25) is 0 Å². The highest BCUT2D eigenvalue weighted by Gasteiger charge is 2.39. The van der Waals surface area contributed by atoms with Crippen LogP contribution in [0, 0.1) is 5.92 Å². The molecule has 1 saturated carbocycles. The predicted octanol–water partition coefficient (Wildman–Crippen LogP) is 2.58. The van der Waals surface area contributed by atoms with Crippen LogP contribution in [0.5, 0.6) is 0 Å². The van der Waals surface area contributed by atoms with Crippen LogP contribution in [-0.4, -0.2) is 31.7 Å². The lowest BCUT2D eigenvalue weighted by Crippen LogP contribution is -2.28. The fraction of sp³-hybridized carbons (Fsp3) is 1.00. The largest absolute Gasteiger partial charge is 0.380 e. The van der Waals surface area contributed by atoms with E-state index in [1.165, 1.54) is 32.1 Å². The number of ether oxygens (including phenoxy) is 1. The summed E-state index contributed by atoms with van der Waals surface area (Å²) in [5, 5.41) is 2.81. The van der Waals surface area contributed by atoms with Crippen LogP contribution in [0.15, 0.2) is 0 Å². The molecule has 1 atom stereocenters. The standard InChI is InChI=1S/C12H21F2NO/c13-12(14)6-11(15-9-12)8-16-7-10-4-2-1-3-5-10/h10-11,15H,1-9H2/t11-/m0/s1. The number of hydrogen-bond acceptors (Lipinski definition) is 2. The fourth-order valence-corrected chi connectivity index (χ4v) is 2.65. The van der Waals surface area contributed by atoms with E-state index in [2.05, 4.69) is 5.32 Å². The summed E-state index contributed by atoms with van der Waals surface area (Å²) in [5.74, 6) is -1.87. The van der Waals surface area contributed by atoms with Crippen LogP contribution >= 0.6 is 0 Å². The van der Waals surface area contributed by atoms with Crippen molar-refractivity contribution in [1.82, 2.24) is 5.32 Å². The molecule has 0 aromatic rings. The third kappa shape index (κ3) is 3.67. The van der Waals surface area contributed by atoms with Gasteiger partial charge in [-0.3, -0.25) is 0 Å². The Morgan fingerprint density at radius 1 is 1.12 bits per heavy atom. The number of halogens is 2. The van der Waals surface area contributed by atoms with Crippen LogP contribution in [-0.2, 0) is 4.74 Å². The average Bonchev–Trinajstić information content (AvgIpc) is 2.60. The highest BCUT2D eigenvalue weighted by molar-refractivity contribution is 4.86. The first kappa shape index (κ1) is 12.2. The Morgan fingerprint density at radius 3 is 2.50 bits per heavy atom. The molecule has 2 fully saturated rings. The quantitative estimate of drug-likeness (QED) is 0.806. The van der Waals surface area contributed by atoms with Gasteiger partial charge in [-0.05, 0) is 18.8 Å². The predicted molar refractivity (Wildman–Crippen MR) is 58.7 cm³/mol. The smallest absolute Gasteiger partial charge is 0.261 e. The van der Waals surface area contributed by atoms with Crippen molar-refractivity contribution in [2.75, 3.05) is 19.8 Å². The van der Waals surface area contributed by atoms with Crippen molar-refractivity contribution in [1.29, 1.82) is 0 Å². The van der Waals surface area contributed by atoms with E-state index in [0.717, 1.165) is 6.61 Å². The molecule has 1 N–H and O–H groups in total. The molecule has 94 valence electrons. The Labute approximate surface area is 95.7 Å². The minimum atomic E-state index is -2.53. The zero-order valence-electron chi connectivity index (χ0n) is 9.68. The Bertz CT molecular complexity index is 217. The lowest BCUT2D eigenvalue weighted by Gasteiger charge is -2.22. The minimum absolute atomic E-state index is 0.0718. The van der Waals surface area contributed by atoms with Crippen LogP contribution in [0.4, 0.5) is 8.78 Å². The Morgan fingerprint density at radius 2 is 1.88 bits per heavy atom. The van der Waals surface area contributed by atoms with Gasteiger partial charge in [0.05, 0.1) is 13.2 Å². The van der Waals surface area contributed by atoms with Crippen LogP contribution in [0.25, 0.3) is 0 Å². The van der Waals surface area contributed by atoms with Gasteiger partial charge in [0, 0.05) is 19.1 Å². The number of nitrogens with one attached hydrogen (secondary N) is 1. The van der Waals surface area contributed by atoms with Gasteiger partial charge >= 0.3 is 0 Å². The first-order valence-corrected chi connectivity index (χ1v) is 6.35. The molecule has 0 spiro atoms. The maximum absolute atomic E-state index is 12.9. The van der Waals surface area contributed by atoms with Crippen molar-refractivity contribution in [3.05, 3.63) is 0 Å².